The lowest BCUT2D eigenvalue weighted by molar-refractivity contribution is 0.0159. The molecule has 0 amide bonds. The largest absolute Gasteiger partial charge is 0.377 e. The van der Waals surface area contributed by atoms with Crippen LogP contribution in [0.15, 0.2) is 11.6 Å². The fourth-order valence-electron chi connectivity index (χ4n) is 5.50. The van der Waals surface area contributed by atoms with Gasteiger partial charge >= 0.3 is 0 Å². The zero-order chi connectivity index (χ0) is 19.7. The van der Waals surface area contributed by atoms with Gasteiger partial charge in [0.05, 0.1) is 6.10 Å². The van der Waals surface area contributed by atoms with Gasteiger partial charge in [-0.25, -0.2) is 4.39 Å². The van der Waals surface area contributed by atoms with Crippen molar-refractivity contribution in [2.75, 3.05) is 26.7 Å². The molecule has 8 atom stereocenters. The molecule has 6 heteroatoms. The first-order chi connectivity index (χ1) is 13.5. The van der Waals surface area contributed by atoms with Crippen LogP contribution in [0.1, 0.15) is 47.3 Å². The van der Waals surface area contributed by atoms with E-state index in [9.17, 15) is 4.39 Å². The van der Waals surface area contributed by atoms with Crippen molar-refractivity contribution in [3.05, 3.63) is 11.6 Å². The highest BCUT2D eigenvalue weighted by molar-refractivity contribution is 5.15. The molecule has 5 nitrogen and oxygen atoms in total. The van der Waals surface area contributed by atoms with E-state index in [0.29, 0.717) is 24.0 Å². The lowest BCUT2D eigenvalue weighted by Crippen LogP contribution is -2.69. The fraction of sp³-hybridized carbons (Fsp3) is 0.905. The normalized spacial score (nSPS) is 47.1. The zero-order valence-corrected chi connectivity index (χ0v) is 16.8. The van der Waals surface area contributed by atoms with Gasteiger partial charge in [-0.05, 0) is 65.4 Å². The summed E-state index contributed by atoms with van der Waals surface area (Å²) in [5.74, 6) is 1.10. The van der Waals surface area contributed by atoms with Crippen LogP contribution >= 0.6 is 0 Å². The maximum Gasteiger partial charge on any atom is 0.130 e. The van der Waals surface area contributed by atoms with E-state index >= 15 is 0 Å². The second-order valence-electron chi connectivity index (χ2n) is 9.08. The number of alkyl halides is 1. The minimum Gasteiger partial charge on any atom is -0.377 e. The van der Waals surface area contributed by atoms with Crippen LogP contribution in [0.25, 0.3) is 0 Å². The predicted octanol–water partition coefficient (Wildman–Crippen LogP) is 2.00. The zero-order valence-electron chi connectivity index (χ0n) is 17.8. The van der Waals surface area contributed by atoms with E-state index in [4.69, 9.17) is 6.11 Å². The summed E-state index contributed by atoms with van der Waals surface area (Å²) >= 11 is 0. The third kappa shape index (κ3) is 4.40. The minimum absolute atomic E-state index is 0.0671. The molecule has 1 saturated carbocycles. The molecule has 0 bridgehead atoms. The van der Waals surface area contributed by atoms with Gasteiger partial charge in [0.1, 0.15) is 12.5 Å². The Morgan fingerprint density at radius 2 is 2.19 bits per heavy atom. The van der Waals surface area contributed by atoms with E-state index in [1.54, 1.807) is 5.57 Å². The quantitative estimate of drug-likeness (QED) is 0.653. The van der Waals surface area contributed by atoms with Gasteiger partial charge in [0, 0.05) is 38.6 Å². The molecule has 0 aromatic rings. The highest BCUT2D eigenvalue weighted by Gasteiger charge is 2.44. The Balaban J connectivity index is 1.44. The van der Waals surface area contributed by atoms with Crippen molar-refractivity contribution < 1.29 is 10.5 Å². The summed E-state index contributed by atoms with van der Waals surface area (Å²) in [5.41, 5.74) is 1.58. The highest BCUT2D eigenvalue weighted by Crippen LogP contribution is 2.42. The number of rotatable bonds is 3. The molecule has 0 spiro atoms. The second kappa shape index (κ2) is 8.46. The molecule has 0 aromatic carbocycles. The van der Waals surface area contributed by atoms with Gasteiger partial charge in [0.2, 0.25) is 0 Å². The molecule has 27 heavy (non-hydrogen) atoms. The van der Waals surface area contributed by atoms with Gasteiger partial charge in [0.15, 0.2) is 0 Å². The number of ether oxygens (including phenoxy) is 1. The van der Waals surface area contributed by atoms with E-state index in [1.807, 2.05) is 6.92 Å². The number of hydrogen-bond donors (Lipinski definition) is 3. The van der Waals surface area contributed by atoms with Gasteiger partial charge in [-0.1, -0.05) is 11.6 Å². The molecule has 154 valence electrons. The molecular formula is C21H37FN4O. The van der Waals surface area contributed by atoms with Crippen LogP contribution in [0.5, 0.6) is 0 Å². The SMILES string of the molecule is [2H]CC1NC(NC2CC3CCOC3C(C3=CCN(C)CCC3)C2)NC(C)C1F. The molecule has 4 aliphatic rings. The van der Waals surface area contributed by atoms with Crippen LogP contribution in [0.2, 0.25) is 0 Å². The molecule has 0 radical (unpaired) electrons. The van der Waals surface area contributed by atoms with E-state index < -0.39 is 12.2 Å². The summed E-state index contributed by atoms with van der Waals surface area (Å²) in [7, 11) is 2.20. The van der Waals surface area contributed by atoms with E-state index in [2.05, 4.69) is 34.0 Å². The van der Waals surface area contributed by atoms with Gasteiger partial charge in [-0.15, -0.1) is 0 Å². The van der Waals surface area contributed by atoms with E-state index in [1.165, 1.54) is 12.8 Å². The van der Waals surface area contributed by atoms with Gasteiger partial charge in [0.25, 0.3) is 0 Å². The Morgan fingerprint density at radius 1 is 1.33 bits per heavy atom. The van der Waals surface area contributed by atoms with Crippen molar-refractivity contribution in [1.29, 1.82) is 0 Å². The molecule has 4 rings (SSSR count). The van der Waals surface area contributed by atoms with Gasteiger partial charge in [-0.3, -0.25) is 16.0 Å². The van der Waals surface area contributed by atoms with Crippen molar-refractivity contribution >= 4 is 0 Å². The maximum atomic E-state index is 14.2. The van der Waals surface area contributed by atoms with Crippen LogP contribution in [0, 0.1) is 11.8 Å². The Hall–Kier alpha value is -0.530. The average Bonchev–Trinajstić information content (AvgIpc) is 3.04. The highest BCUT2D eigenvalue weighted by atomic mass is 19.1. The first kappa shape index (κ1) is 18.5. The predicted molar refractivity (Wildman–Crippen MR) is 106 cm³/mol. The summed E-state index contributed by atoms with van der Waals surface area (Å²) in [6.07, 6.45) is 7.42. The molecule has 3 aliphatic heterocycles. The van der Waals surface area contributed by atoms with Gasteiger partial charge in [-0.2, -0.15) is 0 Å². The topological polar surface area (TPSA) is 48.6 Å². The van der Waals surface area contributed by atoms with Crippen LogP contribution in [-0.2, 0) is 4.74 Å². The van der Waals surface area contributed by atoms with E-state index in [-0.39, 0.29) is 19.2 Å². The second-order valence-corrected chi connectivity index (χ2v) is 9.08. The number of fused-ring (bicyclic) bond motifs is 1. The Morgan fingerprint density at radius 3 is 3.04 bits per heavy atom. The summed E-state index contributed by atoms with van der Waals surface area (Å²) < 4.78 is 28.1. The molecular weight excluding hydrogens is 343 g/mol. The third-order valence-electron chi connectivity index (χ3n) is 7.01. The number of hydrogen-bond acceptors (Lipinski definition) is 5. The number of nitrogens with zero attached hydrogens (tertiary/aromatic N) is 1. The maximum absolute atomic E-state index is 14.2. The Kier molecular flexibility index (Phi) is 5.79. The molecule has 3 fully saturated rings. The molecule has 1 aliphatic carbocycles. The molecule has 2 saturated heterocycles. The molecule has 0 aromatic heterocycles. The number of likely N-dealkylation sites (N-methyl/N-ethyl adjacent to an activating group) is 1. The van der Waals surface area contributed by atoms with Crippen molar-refractivity contribution in [1.82, 2.24) is 20.9 Å². The van der Waals surface area contributed by atoms with Gasteiger partial charge < -0.3 is 9.64 Å². The molecule has 3 heterocycles. The van der Waals surface area contributed by atoms with Crippen LogP contribution in [-0.4, -0.2) is 68.3 Å². The monoisotopic (exact) mass is 381 g/mol. The first-order valence-electron chi connectivity index (χ1n) is 11.5. The van der Waals surface area contributed by atoms with Crippen molar-refractivity contribution in [3.8, 4) is 0 Å². The van der Waals surface area contributed by atoms with Crippen molar-refractivity contribution in [2.24, 2.45) is 11.8 Å². The Labute approximate surface area is 164 Å². The summed E-state index contributed by atoms with van der Waals surface area (Å²) in [4.78, 5) is 2.39. The summed E-state index contributed by atoms with van der Waals surface area (Å²) in [5, 5.41) is 10.3. The van der Waals surface area contributed by atoms with Crippen LogP contribution in [0.3, 0.4) is 0 Å². The smallest absolute Gasteiger partial charge is 0.130 e. The van der Waals surface area contributed by atoms with Crippen molar-refractivity contribution in [2.45, 2.75) is 82.6 Å². The van der Waals surface area contributed by atoms with Crippen LogP contribution in [0.4, 0.5) is 4.39 Å². The number of halogens is 1. The number of nitrogens with one attached hydrogen (secondary N) is 3. The fourth-order valence-corrected chi connectivity index (χ4v) is 5.50. The first-order valence-corrected chi connectivity index (χ1v) is 10.8. The van der Waals surface area contributed by atoms with Crippen molar-refractivity contribution in [3.63, 3.8) is 0 Å². The van der Waals surface area contributed by atoms with Crippen LogP contribution < -0.4 is 16.0 Å². The average molecular weight is 382 g/mol. The van der Waals surface area contributed by atoms with E-state index in [0.717, 1.165) is 39.0 Å². The molecule has 3 N–H and O–H groups in total. The minimum atomic E-state index is -1.02. The third-order valence-corrected chi connectivity index (χ3v) is 7.01. The Bertz CT molecular complexity index is 565. The summed E-state index contributed by atoms with van der Waals surface area (Å²) in [6.45, 7) is 5.02. The lowest BCUT2D eigenvalue weighted by atomic mass is 9.72. The summed E-state index contributed by atoms with van der Waals surface area (Å²) in [6, 6.07) is -0.262. The lowest BCUT2D eigenvalue weighted by Gasteiger charge is -2.43. The standard InChI is InChI=1S/C21H37FN4O/c1-13-19(22)14(2)24-21(23-13)25-17-11-16-7-10-27-20(16)18(12-17)15-5-4-8-26(3)9-6-15/h6,13-14,16-21,23-25H,4-5,7-12H2,1-3H3/i1D. The molecule has 8 unspecified atom stereocenters.